The van der Waals surface area contributed by atoms with Gasteiger partial charge in [0, 0.05) is 0 Å². The monoisotopic (exact) mass is 217 g/mol. The number of benzene rings is 1. The standard InChI is InChI=1S/C12H11NO3/c1-7(2)13-11(14)9-5-4-8(3)6-10(9)12(15)16-13/h4-6H,1H2,2-3H3. The highest BCUT2D eigenvalue weighted by Crippen LogP contribution is 2.08. The van der Waals surface area contributed by atoms with Crippen molar-refractivity contribution in [3.8, 4) is 0 Å². The smallest absolute Gasteiger partial charge is 0.328 e. The van der Waals surface area contributed by atoms with Gasteiger partial charge in [-0.3, -0.25) is 4.79 Å². The van der Waals surface area contributed by atoms with Crippen LogP contribution in [0, 0.1) is 6.92 Å². The van der Waals surface area contributed by atoms with Crippen molar-refractivity contribution in [2.45, 2.75) is 13.8 Å². The van der Waals surface area contributed by atoms with E-state index >= 15 is 0 Å². The molecule has 1 aromatic heterocycles. The Morgan fingerprint density at radius 1 is 1.31 bits per heavy atom. The highest BCUT2D eigenvalue weighted by atomic mass is 16.5. The maximum atomic E-state index is 11.9. The molecule has 0 saturated carbocycles. The van der Waals surface area contributed by atoms with Crippen LogP contribution in [0.5, 0.6) is 0 Å². The largest absolute Gasteiger partial charge is 0.364 e. The molecule has 0 amide bonds. The third-order valence-corrected chi connectivity index (χ3v) is 2.33. The van der Waals surface area contributed by atoms with Crippen LogP contribution in [0.2, 0.25) is 0 Å². The lowest BCUT2D eigenvalue weighted by atomic mass is 10.1. The molecule has 1 heterocycles. The van der Waals surface area contributed by atoms with Gasteiger partial charge in [0.1, 0.15) is 0 Å². The minimum absolute atomic E-state index is 0.308. The van der Waals surface area contributed by atoms with Crippen LogP contribution in [0.4, 0.5) is 0 Å². The zero-order valence-corrected chi connectivity index (χ0v) is 9.11. The molecule has 0 radical (unpaired) electrons. The normalized spacial score (nSPS) is 10.6. The van der Waals surface area contributed by atoms with E-state index < -0.39 is 5.63 Å². The minimum atomic E-state index is -0.527. The molecule has 0 saturated heterocycles. The first-order valence-corrected chi connectivity index (χ1v) is 4.83. The molecule has 0 unspecified atom stereocenters. The summed E-state index contributed by atoms with van der Waals surface area (Å²) < 4.78 is 5.80. The van der Waals surface area contributed by atoms with E-state index in [1.165, 1.54) is 0 Å². The SMILES string of the molecule is C=C(C)n1oc(=O)c2cc(C)ccc2c1=O. The van der Waals surface area contributed by atoms with Crippen molar-refractivity contribution >= 4 is 16.5 Å². The summed E-state index contributed by atoms with van der Waals surface area (Å²) in [5, 5.41) is 0.660. The molecule has 0 aliphatic carbocycles. The molecule has 0 aliphatic rings. The van der Waals surface area contributed by atoms with Crippen LogP contribution in [-0.2, 0) is 0 Å². The molecule has 2 aromatic rings. The molecule has 1 aromatic carbocycles. The van der Waals surface area contributed by atoms with Crippen LogP contribution < -0.4 is 11.2 Å². The van der Waals surface area contributed by atoms with Gasteiger partial charge in [-0.1, -0.05) is 18.2 Å². The van der Waals surface area contributed by atoms with Gasteiger partial charge in [-0.25, -0.2) is 4.79 Å². The summed E-state index contributed by atoms with van der Waals surface area (Å²) in [6.07, 6.45) is 0. The molecule has 0 N–H and O–H groups in total. The molecule has 0 atom stereocenters. The zero-order chi connectivity index (χ0) is 11.9. The molecular weight excluding hydrogens is 206 g/mol. The van der Waals surface area contributed by atoms with Crippen molar-refractivity contribution in [2.75, 3.05) is 0 Å². The van der Waals surface area contributed by atoms with E-state index in [1.807, 2.05) is 6.92 Å². The molecule has 82 valence electrons. The van der Waals surface area contributed by atoms with Gasteiger partial charge in [0.05, 0.1) is 16.5 Å². The number of aryl methyl sites for hydroxylation is 1. The fourth-order valence-corrected chi connectivity index (χ4v) is 1.55. The van der Waals surface area contributed by atoms with Gasteiger partial charge < -0.3 is 4.52 Å². The number of nitrogens with zero attached hydrogens (tertiary/aromatic N) is 1. The number of fused-ring (bicyclic) bond motifs is 1. The van der Waals surface area contributed by atoms with E-state index in [4.69, 9.17) is 4.52 Å². The quantitative estimate of drug-likeness (QED) is 0.731. The summed E-state index contributed by atoms with van der Waals surface area (Å²) in [4.78, 5) is 23.5. The fourth-order valence-electron chi connectivity index (χ4n) is 1.55. The third kappa shape index (κ3) is 1.48. The Morgan fingerprint density at radius 2 is 2.00 bits per heavy atom. The van der Waals surface area contributed by atoms with Crippen molar-refractivity contribution < 1.29 is 4.52 Å². The fraction of sp³-hybridized carbons (Fsp3) is 0.167. The van der Waals surface area contributed by atoms with Crippen molar-refractivity contribution in [3.05, 3.63) is 51.1 Å². The minimum Gasteiger partial charge on any atom is -0.328 e. The van der Waals surface area contributed by atoms with Gasteiger partial charge >= 0.3 is 5.63 Å². The Kier molecular flexibility index (Phi) is 2.27. The second-order valence-electron chi connectivity index (χ2n) is 3.76. The number of allylic oxidation sites excluding steroid dienone is 1. The molecule has 0 spiro atoms. The summed E-state index contributed by atoms with van der Waals surface area (Å²) in [6, 6.07) is 5.06. The van der Waals surface area contributed by atoms with Crippen molar-refractivity contribution in [3.63, 3.8) is 0 Å². The van der Waals surface area contributed by atoms with Gasteiger partial charge in [-0.2, -0.15) is 0 Å². The van der Waals surface area contributed by atoms with Crippen LogP contribution in [-0.4, -0.2) is 4.74 Å². The third-order valence-electron chi connectivity index (χ3n) is 2.33. The summed E-state index contributed by atoms with van der Waals surface area (Å²) in [5.41, 5.74) is 0.403. The summed E-state index contributed by atoms with van der Waals surface area (Å²) in [6.45, 7) is 7.03. The summed E-state index contributed by atoms with van der Waals surface area (Å²) in [5.74, 6) is 0. The molecule has 0 fully saturated rings. The predicted molar refractivity (Wildman–Crippen MR) is 62.5 cm³/mol. The lowest BCUT2D eigenvalue weighted by Crippen LogP contribution is -2.23. The van der Waals surface area contributed by atoms with Crippen LogP contribution in [0.1, 0.15) is 12.5 Å². The lowest BCUT2D eigenvalue weighted by molar-refractivity contribution is 0.305. The number of rotatable bonds is 1. The van der Waals surface area contributed by atoms with Crippen LogP contribution in [0.3, 0.4) is 0 Å². The zero-order valence-electron chi connectivity index (χ0n) is 9.11. The molecule has 4 nitrogen and oxygen atoms in total. The van der Waals surface area contributed by atoms with Crippen LogP contribution in [0.15, 0.2) is 38.9 Å². The Labute approximate surface area is 91.4 Å². The van der Waals surface area contributed by atoms with E-state index in [9.17, 15) is 9.59 Å². The number of aromatic nitrogens is 1. The van der Waals surface area contributed by atoms with Gasteiger partial charge in [0.25, 0.3) is 5.56 Å². The topological polar surface area (TPSA) is 52.2 Å². The first-order chi connectivity index (χ1) is 7.50. The lowest BCUT2D eigenvalue weighted by Gasteiger charge is -2.03. The van der Waals surface area contributed by atoms with Crippen LogP contribution >= 0.6 is 0 Å². The maximum absolute atomic E-state index is 11.9. The van der Waals surface area contributed by atoms with Crippen LogP contribution in [0.25, 0.3) is 16.5 Å². The first-order valence-electron chi connectivity index (χ1n) is 4.83. The predicted octanol–water partition coefficient (Wildman–Crippen LogP) is 1.75. The average molecular weight is 217 g/mol. The molecule has 0 bridgehead atoms. The highest BCUT2D eigenvalue weighted by Gasteiger charge is 2.09. The number of hydrogen-bond acceptors (Lipinski definition) is 3. The second-order valence-corrected chi connectivity index (χ2v) is 3.76. The van der Waals surface area contributed by atoms with E-state index in [-0.39, 0.29) is 5.56 Å². The van der Waals surface area contributed by atoms with Gasteiger partial charge in [0.15, 0.2) is 0 Å². The highest BCUT2D eigenvalue weighted by molar-refractivity contribution is 5.81. The Hall–Kier alpha value is -2.10. The van der Waals surface area contributed by atoms with Crippen molar-refractivity contribution in [2.24, 2.45) is 0 Å². The maximum Gasteiger partial charge on any atom is 0.364 e. The Bertz CT molecular complexity index is 691. The second kappa shape index (κ2) is 3.48. The van der Waals surface area contributed by atoms with Gasteiger partial charge in [0.2, 0.25) is 0 Å². The Morgan fingerprint density at radius 3 is 2.62 bits per heavy atom. The van der Waals surface area contributed by atoms with Gasteiger partial charge in [-0.05, 0) is 26.0 Å². The summed E-state index contributed by atoms with van der Waals surface area (Å²) >= 11 is 0. The molecule has 16 heavy (non-hydrogen) atoms. The average Bonchev–Trinajstić information content (AvgIpc) is 2.22. The van der Waals surface area contributed by atoms with Crippen molar-refractivity contribution in [1.29, 1.82) is 0 Å². The van der Waals surface area contributed by atoms with Crippen molar-refractivity contribution in [1.82, 2.24) is 4.74 Å². The molecule has 4 heteroatoms. The Balaban J connectivity index is 3.02. The summed E-state index contributed by atoms with van der Waals surface area (Å²) in [7, 11) is 0. The van der Waals surface area contributed by atoms with E-state index in [0.717, 1.165) is 10.3 Å². The molecular formula is C12H11NO3. The van der Waals surface area contributed by atoms with E-state index in [0.29, 0.717) is 16.5 Å². The number of hydrogen-bond donors (Lipinski definition) is 0. The van der Waals surface area contributed by atoms with E-state index in [2.05, 4.69) is 6.58 Å². The van der Waals surface area contributed by atoms with Gasteiger partial charge in [-0.15, -0.1) is 4.74 Å². The molecule has 0 aliphatic heterocycles. The van der Waals surface area contributed by atoms with E-state index in [1.54, 1.807) is 25.1 Å². The molecule has 2 rings (SSSR count). The first kappa shape index (κ1) is 10.4.